The van der Waals surface area contributed by atoms with Gasteiger partial charge in [-0.15, -0.1) is 0 Å². The molecule has 0 amide bonds. The molecule has 0 spiro atoms. The molecule has 0 aliphatic carbocycles. The summed E-state index contributed by atoms with van der Waals surface area (Å²) in [5.41, 5.74) is 6.35. The Morgan fingerprint density at radius 3 is 2.90 bits per heavy atom. The Hall–Kier alpha value is -1.03. The zero-order valence-corrected chi connectivity index (χ0v) is 6.16. The number of nitrogens with two attached hydrogens (primary N) is 1. The van der Waals surface area contributed by atoms with Crippen molar-refractivity contribution in [2.24, 2.45) is 12.8 Å². The van der Waals surface area contributed by atoms with Gasteiger partial charge in [-0.05, 0) is 0 Å². The van der Waals surface area contributed by atoms with Crippen LogP contribution in [0.25, 0.3) is 0 Å². The molecule has 1 heterocycles. The first-order chi connectivity index (χ1) is 4.79. The lowest BCUT2D eigenvalue weighted by Gasteiger charge is -1.99. The third kappa shape index (κ3) is 0.974. The second-order valence-electron chi connectivity index (χ2n) is 1.99. The van der Waals surface area contributed by atoms with Crippen LogP contribution in [0.15, 0.2) is 6.20 Å². The predicted molar refractivity (Wildman–Crippen MR) is 37.7 cm³/mol. The molecule has 1 rings (SSSR count). The average Bonchev–Trinajstić information content (AvgIpc) is 2.30. The second-order valence-corrected chi connectivity index (χ2v) is 1.99. The van der Waals surface area contributed by atoms with Crippen LogP contribution < -0.4 is 10.5 Å². The average molecular weight is 141 g/mol. The van der Waals surface area contributed by atoms with E-state index in [1.807, 2.05) is 7.05 Å². The maximum Gasteiger partial charge on any atom is 0.161 e. The molecule has 0 aliphatic heterocycles. The van der Waals surface area contributed by atoms with E-state index < -0.39 is 0 Å². The van der Waals surface area contributed by atoms with Gasteiger partial charge in [0.25, 0.3) is 0 Å². The molecule has 10 heavy (non-hydrogen) atoms. The summed E-state index contributed by atoms with van der Waals surface area (Å²) < 4.78 is 6.70. The molecule has 0 aromatic carbocycles. The lowest BCUT2D eigenvalue weighted by Crippen LogP contribution is -2.05. The fraction of sp³-hybridized carbons (Fsp3) is 0.500. The minimum absolute atomic E-state index is 0.458. The Bertz CT molecular complexity index is 219. The molecule has 1 aromatic heterocycles. The summed E-state index contributed by atoms with van der Waals surface area (Å²) in [6.07, 6.45) is 1.65. The highest BCUT2D eigenvalue weighted by atomic mass is 16.5. The minimum atomic E-state index is 0.458. The molecular formula is C6H11N3O. The molecule has 0 radical (unpaired) electrons. The molecule has 2 N–H and O–H groups in total. The van der Waals surface area contributed by atoms with Crippen LogP contribution >= 0.6 is 0 Å². The van der Waals surface area contributed by atoms with Crippen molar-refractivity contribution >= 4 is 0 Å². The van der Waals surface area contributed by atoms with Gasteiger partial charge >= 0.3 is 0 Å². The van der Waals surface area contributed by atoms with Gasteiger partial charge in [-0.3, -0.25) is 4.68 Å². The molecule has 0 bridgehead atoms. The number of rotatable bonds is 2. The zero-order valence-electron chi connectivity index (χ0n) is 6.16. The molecular weight excluding hydrogens is 130 g/mol. The van der Waals surface area contributed by atoms with E-state index in [-0.39, 0.29) is 0 Å². The van der Waals surface area contributed by atoms with Gasteiger partial charge in [0.15, 0.2) is 5.75 Å². The van der Waals surface area contributed by atoms with E-state index in [0.29, 0.717) is 6.54 Å². The summed E-state index contributed by atoms with van der Waals surface area (Å²) in [6.45, 7) is 0.458. The summed E-state index contributed by atoms with van der Waals surface area (Å²) in [5.74, 6) is 0.755. The molecule has 0 saturated heterocycles. The van der Waals surface area contributed by atoms with Crippen molar-refractivity contribution in [3.63, 3.8) is 0 Å². The number of nitrogens with zero attached hydrogens (tertiary/aromatic N) is 2. The molecule has 4 heteroatoms. The van der Waals surface area contributed by atoms with Gasteiger partial charge < -0.3 is 10.5 Å². The number of hydrogen-bond donors (Lipinski definition) is 1. The van der Waals surface area contributed by atoms with Gasteiger partial charge in [0.2, 0.25) is 0 Å². The Morgan fingerprint density at radius 2 is 2.50 bits per heavy atom. The summed E-state index contributed by atoms with van der Waals surface area (Å²) in [6, 6.07) is 0. The smallest absolute Gasteiger partial charge is 0.161 e. The van der Waals surface area contributed by atoms with Crippen LogP contribution in [0, 0.1) is 0 Å². The lowest BCUT2D eigenvalue weighted by atomic mass is 10.4. The van der Waals surface area contributed by atoms with E-state index in [4.69, 9.17) is 10.5 Å². The topological polar surface area (TPSA) is 53.1 Å². The molecule has 4 nitrogen and oxygen atoms in total. The first-order valence-corrected chi connectivity index (χ1v) is 3.04. The number of hydrogen-bond acceptors (Lipinski definition) is 3. The summed E-state index contributed by atoms with van der Waals surface area (Å²) in [4.78, 5) is 0. The first-order valence-electron chi connectivity index (χ1n) is 3.04. The van der Waals surface area contributed by atoms with Crippen molar-refractivity contribution in [2.45, 2.75) is 6.54 Å². The van der Waals surface area contributed by atoms with E-state index in [9.17, 15) is 0 Å². The van der Waals surface area contributed by atoms with E-state index in [0.717, 1.165) is 11.4 Å². The Morgan fingerprint density at radius 1 is 1.80 bits per heavy atom. The van der Waals surface area contributed by atoms with Crippen LogP contribution in [-0.2, 0) is 13.6 Å². The highest BCUT2D eigenvalue weighted by Crippen LogP contribution is 2.14. The monoisotopic (exact) mass is 141 g/mol. The van der Waals surface area contributed by atoms with E-state index >= 15 is 0 Å². The summed E-state index contributed by atoms with van der Waals surface area (Å²) >= 11 is 0. The molecule has 0 aliphatic rings. The number of methoxy groups -OCH3 is 1. The highest BCUT2D eigenvalue weighted by Gasteiger charge is 2.04. The lowest BCUT2D eigenvalue weighted by molar-refractivity contribution is 0.408. The maximum atomic E-state index is 5.43. The van der Waals surface area contributed by atoms with Crippen LogP contribution in [-0.4, -0.2) is 16.9 Å². The largest absolute Gasteiger partial charge is 0.493 e. The minimum Gasteiger partial charge on any atom is -0.493 e. The third-order valence-electron chi connectivity index (χ3n) is 1.44. The van der Waals surface area contributed by atoms with Gasteiger partial charge in [0, 0.05) is 13.6 Å². The van der Waals surface area contributed by atoms with Crippen LogP contribution in [0.4, 0.5) is 0 Å². The van der Waals surface area contributed by atoms with Crippen LogP contribution in [0.5, 0.6) is 5.75 Å². The molecule has 0 unspecified atom stereocenters. The molecule has 56 valence electrons. The Labute approximate surface area is 59.6 Å². The quantitative estimate of drug-likeness (QED) is 0.625. The zero-order chi connectivity index (χ0) is 7.56. The van der Waals surface area contributed by atoms with Gasteiger partial charge in [-0.25, -0.2) is 0 Å². The SMILES string of the molecule is COc1cnn(C)c1CN. The Kier molecular flexibility index (Phi) is 1.91. The van der Waals surface area contributed by atoms with Crippen LogP contribution in [0.1, 0.15) is 5.69 Å². The van der Waals surface area contributed by atoms with E-state index in [1.54, 1.807) is 18.0 Å². The van der Waals surface area contributed by atoms with Crippen molar-refractivity contribution in [1.29, 1.82) is 0 Å². The van der Waals surface area contributed by atoms with Crippen molar-refractivity contribution in [3.8, 4) is 5.75 Å². The number of aromatic nitrogens is 2. The van der Waals surface area contributed by atoms with Gasteiger partial charge in [-0.2, -0.15) is 5.10 Å². The standard InChI is InChI=1S/C6H11N3O/c1-9-5(3-7)6(10-2)4-8-9/h4H,3,7H2,1-2H3. The first kappa shape index (κ1) is 7.08. The maximum absolute atomic E-state index is 5.43. The Balaban J connectivity index is 3.01. The van der Waals surface area contributed by atoms with Crippen molar-refractivity contribution in [2.75, 3.05) is 7.11 Å². The predicted octanol–water partition coefficient (Wildman–Crippen LogP) is -0.113. The summed E-state index contributed by atoms with van der Waals surface area (Å²) in [5, 5.41) is 3.97. The van der Waals surface area contributed by atoms with Gasteiger partial charge in [-0.1, -0.05) is 0 Å². The molecule has 0 fully saturated rings. The molecule has 0 saturated carbocycles. The fourth-order valence-electron chi connectivity index (χ4n) is 0.846. The van der Waals surface area contributed by atoms with Crippen LogP contribution in [0.3, 0.4) is 0 Å². The number of ether oxygens (including phenoxy) is 1. The van der Waals surface area contributed by atoms with Gasteiger partial charge in [0.05, 0.1) is 19.0 Å². The molecule has 1 aromatic rings. The fourth-order valence-corrected chi connectivity index (χ4v) is 0.846. The van der Waals surface area contributed by atoms with Crippen molar-refractivity contribution < 1.29 is 4.74 Å². The normalized spacial score (nSPS) is 9.90. The third-order valence-corrected chi connectivity index (χ3v) is 1.44. The van der Waals surface area contributed by atoms with E-state index in [2.05, 4.69) is 5.10 Å². The molecule has 0 atom stereocenters. The summed E-state index contributed by atoms with van der Waals surface area (Å²) in [7, 11) is 3.45. The highest BCUT2D eigenvalue weighted by molar-refractivity contribution is 5.24. The van der Waals surface area contributed by atoms with Gasteiger partial charge in [0.1, 0.15) is 0 Å². The van der Waals surface area contributed by atoms with E-state index in [1.165, 1.54) is 0 Å². The van der Waals surface area contributed by atoms with Crippen LogP contribution in [0.2, 0.25) is 0 Å². The second kappa shape index (κ2) is 2.70. The van der Waals surface area contributed by atoms with Crippen molar-refractivity contribution in [3.05, 3.63) is 11.9 Å². The number of aryl methyl sites for hydroxylation is 1. The van der Waals surface area contributed by atoms with Crippen molar-refractivity contribution in [1.82, 2.24) is 9.78 Å².